The maximum absolute atomic E-state index is 11.9. The lowest BCUT2D eigenvalue weighted by Crippen LogP contribution is -2.35. The fourth-order valence-electron chi connectivity index (χ4n) is 2.28. The van der Waals surface area contributed by atoms with Gasteiger partial charge in [0.25, 0.3) is 11.5 Å². The number of likely N-dealkylation sites (tertiary alicyclic amines) is 1. The highest BCUT2D eigenvalue weighted by Crippen LogP contribution is 2.19. The van der Waals surface area contributed by atoms with Crippen LogP contribution >= 0.6 is 0 Å². The molecular formula is C12H18N2O4. The van der Waals surface area contributed by atoms with Gasteiger partial charge < -0.3 is 9.63 Å². The highest BCUT2D eigenvalue weighted by atomic mass is 16.5. The van der Waals surface area contributed by atoms with Crippen LogP contribution < -0.4 is 5.56 Å². The molecule has 2 atom stereocenters. The molecule has 6 heteroatoms. The second-order valence-corrected chi connectivity index (χ2v) is 4.90. The van der Waals surface area contributed by atoms with E-state index in [9.17, 15) is 14.7 Å². The average Bonchev–Trinajstić information content (AvgIpc) is 2.85. The molecule has 1 aliphatic rings. The van der Waals surface area contributed by atoms with E-state index in [1.165, 1.54) is 6.07 Å². The zero-order chi connectivity index (χ0) is 13.3. The SMILES string of the molecule is Cc1cc(=O)n(C(=O)CN2CCC(C(C)O)C2)o1. The van der Waals surface area contributed by atoms with Crippen LogP contribution in [-0.4, -0.2) is 46.4 Å². The van der Waals surface area contributed by atoms with Gasteiger partial charge in [-0.05, 0) is 32.7 Å². The third-order valence-corrected chi connectivity index (χ3v) is 3.34. The summed E-state index contributed by atoms with van der Waals surface area (Å²) in [6.45, 7) is 4.98. The van der Waals surface area contributed by atoms with E-state index in [4.69, 9.17) is 4.52 Å². The molecule has 1 aliphatic heterocycles. The van der Waals surface area contributed by atoms with E-state index in [2.05, 4.69) is 0 Å². The molecule has 0 radical (unpaired) electrons. The van der Waals surface area contributed by atoms with Gasteiger partial charge in [0.1, 0.15) is 5.76 Å². The second kappa shape index (κ2) is 5.07. The van der Waals surface area contributed by atoms with Crippen LogP contribution in [0.15, 0.2) is 15.4 Å². The third kappa shape index (κ3) is 2.70. The van der Waals surface area contributed by atoms with Gasteiger partial charge in [0.2, 0.25) is 0 Å². The van der Waals surface area contributed by atoms with E-state index in [0.717, 1.165) is 17.7 Å². The number of carbonyl (C=O) groups excluding carboxylic acids is 1. The van der Waals surface area contributed by atoms with Crippen molar-refractivity contribution in [2.24, 2.45) is 5.92 Å². The van der Waals surface area contributed by atoms with Gasteiger partial charge in [-0.3, -0.25) is 14.5 Å². The molecule has 0 bridgehead atoms. The first-order valence-electron chi connectivity index (χ1n) is 6.11. The zero-order valence-electron chi connectivity index (χ0n) is 10.6. The van der Waals surface area contributed by atoms with Crippen molar-refractivity contribution in [3.8, 4) is 0 Å². The summed E-state index contributed by atoms with van der Waals surface area (Å²) in [6.07, 6.45) is 0.510. The van der Waals surface area contributed by atoms with Gasteiger partial charge in [0, 0.05) is 12.6 Å². The number of aliphatic hydroxyl groups excluding tert-OH is 1. The first-order valence-corrected chi connectivity index (χ1v) is 6.11. The van der Waals surface area contributed by atoms with Gasteiger partial charge in [-0.15, -0.1) is 4.74 Å². The first-order chi connectivity index (χ1) is 8.47. The van der Waals surface area contributed by atoms with Crippen LogP contribution in [-0.2, 0) is 0 Å². The van der Waals surface area contributed by atoms with Crippen LogP contribution in [0.5, 0.6) is 0 Å². The van der Waals surface area contributed by atoms with E-state index >= 15 is 0 Å². The second-order valence-electron chi connectivity index (χ2n) is 4.90. The molecule has 2 rings (SSSR count). The predicted octanol–water partition coefficient (Wildman–Crippen LogP) is 0.0926. The van der Waals surface area contributed by atoms with E-state index in [-0.39, 0.29) is 24.5 Å². The first kappa shape index (κ1) is 13.0. The zero-order valence-corrected chi connectivity index (χ0v) is 10.6. The molecule has 1 aromatic heterocycles. The van der Waals surface area contributed by atoms with Gasteiger partial charge in [0.05, 0.1) is 12.6 Å². The molecule has 0 aliphatic carbocycles. The number of nitrogens with zero attached hydrogens (tertiary/aromatic N) is 2. The van der Waals surface area contributed by atoms with Gasteiger partial charge in [-0.1, -0.05) is 0 Å². The molecule has 2 heterocycles. The fraction of sp³-hybridized carbons (Fsp3) is 0.667. The molecule has 100 valence electrons. The van der Waals surface area contributed by atoms with Crippen molar-refractivity contribution in [3.63, 3.8) is 0 Å². The summed E-state index contributed by atoms with van der Waals surface area (Å²) in [6, 6.07) is 1.29. The van der Waals surface area contributed by atoms with Crippen LogP contribution in [0.2, 0.25) is 0 Å². The Morgan fingerprint density at radius 2 is 2.39 bits per heavy atom. The average molecular weight is 254 g/mol. The molecule has 1 N–H and O–H groups in total. The van der Waals surface area contributed by atoms with Gasteiger partial charge in [-0.2, -0.15) is 0 Å². The largest absolute Gasteiger partial charge is 0.393 e. The minimum absolute atomic E-state index is 0.149. The molecule has 1 saturated heterocycles. The summed E-state index contributed by atoms with van der Waals surface area (Å²) in [4.78, 5) is 25.2. The molecule has 0 amide bonds. The molecule has 0 spiro atoms. The number of rotatable bonds is 3. The van der Waals surface area contributed by atoms with Crippen molar-refractivity contribution in [2.45, 2.75) is 26.4 Å². The van der Waals surface area contributed by atoms with E-state index in [1.54, 1.807) is 13.8 Å². The number of carbonyl (C=O) groups is 1. The molecule has 6 nitrogen and oxygen atoms in total. The lowest BCUT2D eigenvalue weighted by atomic mass is 10.0. The van der Waals surface area contributed by atoms with Crippen molar-refractivity contribution in [1.82, 2.24) is 9.64 Å². The Morgan fingerprint density at radius 1 is 1.67 bits per heavy atom. The summed E-state index contributed by atoms with van der Waals surface area (Å²) in [7, 11) is 0. The highest BCUT2D eigenvalue weighted by molar-refractivity contribution is 5.79. The van der Waals surface area contributed by atoms with E-state index in [0.29, 0.717) is 12.3 Å². The standard InChI is InChI=1S/C12H18N2O4/c1-8-5-11(16)14(18-8)12(17)7-13-4-3-10(6-13)9(2)15/h5,9-10,15H,3-4,6-7H2,1-2H3. The molecule has 2 unspecified atom stereocenters. The van der Waals surface area contributed by atoms with Crippen molar-refractivity contribution in [3.05, 3.63) is 22.2 Å². The number of hydrogen-bond donors (Lipinski definition) is 1. The smallest absolute Gasteiger partial charge is 0.290 e. The lowest BCUT2D eigenvalue weighted by molar-refractivity contribution is 0.0716. The maximum Gasteiger partial charge on any atom is 0.290 e. The Kier molecular flexibility index (Phi) is 3.68. The molecule has 0 aromatic carbocycles. The quantitative estimate of drug-likeness (QED) is 0.827. The highest BCUT2D eigenvalue weighted by Gasteiger charge is 2.28. The lowest BCUT2D eigenvalue weighted by Gasteiger charge is -2.15. The number of aromatic nitrogens is 1. The van der Waals surface area contributed by atoms with E-state index < -0.39 is 5.56 Å². The summed E-state index contributed by atoms with van der Waals surface area (Å²) >= 11 is 0. The molecule has 1 aromatic rings. The van der Waals surface area contributed by atoms with Crippen molar-refractivity contribution in [1.29, 1.82) is 0 Å². The predicted molar refractivity (Wildman–Crippen MR) is 64.6 cm³/mol. The van der Waals surface area contributed by atoms with Crippen LogP contribution in [0.3, 0.4) is 0 Å². The molecule has 1 fully saturated rings. The summed E-state index contributed by atoms with van der Waals surface area (Å²) in [5.74, 6) is 0.267. The number of aryl methyl sites for hydroxylation is 1. The summed E-state index contributed by atoms with van der Waals surface area (Å²) < 4.78 is 5.84. The normalized spacial score (nSPS) is 22.3. The van der Waals surface area contributed by atoms with Crippen LogP contribution in [0.4, 0.5) is 0 Å². The number of aliphatic hydroxyl groups is 1. The molecule has 18 heavy (non-hydrogen) atoms. The molecular weight excluding hydrogens is 236 g/mol. The Hall–Kier alpha value is -1.40. The minimum Gasteiger partial charge on any atom is -0.393 e. The Balaban J connectivity index is 1.97. The Bertz CT molecular complexity index is 489. The fourth-order valence-corrected chi connectivity index (χ4v) is 2.28. The topological polar surface area (TPSA) is 75.7 Å². The van der Waals surface area contributed by atoms with Crippen molar-refractivity contribution < 1.29 is 14.4 Å². The van der Waals surface area contributed by atoms with Gasteiger partial charge >= 0.3 is 0 Å². The van der Waals surface area contributed by atoms with Gasteiger partial charge in [0.15, 0.2) is 0 Å². The monoisotopic (exact) mass is 254 g/mol. The van der Waals surface area contributed by atoms with E-state index in [1.807, 2.05) is 4.90 Å². The van der Waals surface area contributed by atoms with Crippen LogP contribution in [0.25, 0.3) is 0 Å². The van der Waals surface area contributed by atoms with Crippen molar-refractivity contribution >= 4 is 5.91 Å². The molecule has 0 saturated carbocycles. The Labute approximate surface area is 105 Å². The number of hydrogen-bond acceptors (Lipinski definition) is 5. The van der Waals surface area contributed by atoms with Crippen LogP contribution in [0.1, 0.15) is 23.9 Å². The van der Waals surface area contributed by atoms with Crippen molar-refractivity contribution in [2.75, 3.05) is 19.6 Å². The summed E-state index contributed by atoms with van der Waals surface area (Å²) in [5, 5.41) is 9.48. The maximum atomic E-state index is 11.9. The Morgan fingerprint density at radius 3 is 2.89 bits per heavy atom. The summed E-state index contributed by atoms with van der Waals surface area (Å²) in [5.41, 5.74) is -0.427. The van der Waals surface area contributed by atoms with Gasteiger partial charge in [-0.25, -0.2) is 0 Å². The minimum atomic E-state index is -0.427. The van der Waals surface area contributed by atoms with Crippen LogP contribution in [0, 0.1) is 12.8 Å². The third-order valence-electron chi connectivity index (χ3n) is 3.34.